The molecule has 0 aliphatic carbocycles. The molecule has 0 aliphatic rings. The van der Waals surface area contributed by atoms with Crippen LogP contribution in [0.15, 0.2) is 225 Å². The van der Waals surface area contributed by atoms with Gasteiger partial charge in [-0.3, -0.25) is 5.10 Å². The second-order valence-corrected chi connectivity index (χ2v) is 24.9. The number of carboxylic acid groups (broad SMARTS) is 4. The van der Waals surface area contributed by atoms with E-state index >= 15 is 0 Å². The zero-order valence-corrected chi connectivity index (χ0v) is 57.7. The van der Waals surface area contributed by atoms with E-state index in [1.54, 1.807) is 121 Å². The Labute approximate surface area is 607 Å². The van der Waals surface area contributed by atoms with Gasteiger partial charge in [-0.2, -0.15) is 5.10 Å². The molecule has 0 atom stereocenters. The van der Waals surface area contributed by atoms with Crippen molar-refractivity contribution in [2.75, 3.05) is 21.3 Å². The van der Waals surface area contributed by atoms with Crippen LogP contribution in [0.4, 0.5) is 45.5 Å². The van der Waals surface area contributed by atoms with Crippen molar-refractivity contribution in [1.29, 1.82) is 0 Å². The molecule has 0 spiro atoms. The van der Waals surface area contributed by atoms with Crippen LogP contribution in [-0.4, -0.2) is 64.7 Å². The van der Waals surface area contributed by atoms with E-state index in [1.165, 1.54) is 42.5 Å². The third-order valence-electron chi connectivity index (χ3n) is 14.5. The predicted molar refractivity (Wildman–Crippen MR) is 399 cm³/mol. The monoisotopic (exact) mass is 1480 g/mol. The molecular weight excluding hydrogens is 1430 g/mol. The predicted octanol–water partition coefficient (Wildman–Crippen LogP) is 23.2. The highest BCUT2D eigenvalue weighted by atomic mass is 35.5. The van der Waals surface area contributed by atoms with Crippen molar-refractivity contribution in [3.63, 3.8) is 0 Å². The Morgan fingerprint density at radius 1 is 0.313 bits per heavy atom. The number of aryl methyl sites for hydroxylation is 2. The van der Waals surface area contributed by atoms with E-state index in [1.807, 2.05) is 56.3 Å². The molecule has 0 saturated heterocycles. The van der Waals surface area contributed by atoms with Crippen LogP contribution in [0.1, 0.15) is 52.6 Å². The number of aromatic carboxylic acids is 4. The molecule has 12 rings (SSSR count). The molecule has 16 nitrogen and oxygen atoms in total. The first-order valence-corrected chi connectivity index (χ1v) is 32.4. The highest BCUT2D eigenvalue weighted by molar-refractivity contribution is 6.42. The molecule has 0 saturated carbocycles. The molecule has 1 heterocycles. The number of aromatic amines is 1. The molecule has 0 radical (unpaired) electrons. The van der Waals surface area contributed by atoms with Crippen LogP contribution < -0.4 is 21.3 Å². The number of carboxylic acids is 4. The summed E-state index contributed by atoms with van der Waals surface area (Å²) < 4.78 is 0. The summed E-state index contributed by atoms with van der Waals surface area (Å²) in [7, 11) is 0. The van der Waals surface area contributed by atoms with Crippen molar-refractivity contribution in [1.82, 2.24) is 10.2 Å². The number of halogens is 8. The quantitative estimate of drug-likeness (QED) is 0.0430. The maximum absolute atomic E-state index is 11.4. The maximum Gasteiger partial charge on any atom is 0.337 e. The van der Waals surface area contributed by atoms with Gasteiger partial charge in [0.1, 0.15) is 11.5 Å². The fourth-order valence-corrected chi connectivity index (χ4v) is 12.4. The first-order chi connectivity index (χ1) is 47.3. The first kappa shape index (κ1) is 72.9. The van der Waals surface area contributed by atoms with Crippen molar-refractivity contribution in [3.05, 3.63) is 298 Å². The van der Waals surface area contributed by atoms with Crippen molar-refractivity contribution < 1.29 is 49.8 Å². The number of anilines is 8. The van der Waals surface area contributed by atoms with E-state index < -0.39 is 23.9 Å². The summed E-state index contributed by atoms with van der Waals surface area (Å²) in [5.41, 5.74) is 12.8. The van der Waals surface area contributed by atoms with E-state index in [4.69, 9.17) is 92.8 Å². The third-order valence-corrected chi connectivity index (χ3v) is 16.9. The number of hydrogen-bond donors (Lipinski definition) is 11. The molecule has 1 aromatic heterocycles. The molecule has 12 aromatic rings. The summed E-state index contributed by atoms with van der Waals surface area (Å²) >= 11 is 50.9. The number of rotatable bonds is 16. The maximum atomic E-state index is 11.4. The Hall–Kier alpha value is -10.4. The molecule has 11 aromatic carbocycles. The Morgan fingerprint density at radius 2 is 0.576 bits per heavy atom. The Balaban J connectivity index is 0.000000154. The minimum absolute atomic E-state index is 0.0848. The number of aromatic nitrogens is 2. The zero-order valence-electron chi connectivity index (χ0n) is 51.6. The van der Waals surface area contributed by atoms with Gasteiger partial charge < -0.3 is 51.9 Å². The van der Waals surface area contributed by atoms with Crippen LogP contribution in [0.3, 0.4) is 0 Å². The summed E-state index contributed by atoms with van der Waals surface area (Å²) in [5.74, 6) is -4.34. The number of phenols is 2. The Kier molecular flexibility index (Phi) is 24.5. The smallest absolute Gasteiger partial charge is 0.337 e. The summed E-state index contributed by atoms with van der Waals surface area (Å²) in [5, 5.41) is 78.1. The van der Waals surface area contributed by atoms with E-state index in [9.17, 15) is 49.8 Å². The molecular formula is C75H54Cl8N6O10. The number of benzene rings is 11. The van der Waals surface area contributed by atoms with Crippen molar-refractivity contribution in [3.8, 4) is 56.1 Å². The van der Waals surface area contributed by atoms with Crippen LogP contribution in [-0.2, 0) is 0 Å². The van der Waals surface area contributed by atoms with Crippen molar-refractivity contribution in [2.24, 2.45) is 0 Å². The number of nitrogens with one attached hydrogen (secondary N) is 5. The number of carbonyl (C=O) groups is 4. The molecule has 0 bridgehead atoms. The normalized spacial score (nSPS) is 10.5. The Bertz CT molecular complexity index is 4710. The van der Waals surface area contributed by atoms with Gasteiger partial charge in [-0.25, -0.2) is 19.2 Å². The number of hydrogen-bond acceptors (Lipinski definition) is 11. The third kappa shape index (κ3) is 18.8. The lowest BCUT2D eigenvalue weighted by Crippen LogP contribution is -2.03. The highest BCUT2D eigenvalue weighted by Crippen LogP contribution is 2.43. The molecule has 500 valence electrons. The summed E-state index contributed by atoms with van der Waals surface area (Å²) in [6.07, 6.45) is 1.63. The fraction of sp³-hybridized carbons (Fsp3) is 0.0267. The summed E-state index contributed by atoms with van der Waals surface area (Å²) in [4.78, 5) is 45.3. The highest BCUT2D eigenvalue weighted by Gasteiger charge is 2.20. The van der Waals surface area contributed by atoms with Gasteiger partial charge in [0.05, 0.1) is 114 Å². The summed E-state index contributed by atoms with van der Waals surface area (Å²) in [6.45, 7) is 4.08. The molecule has 0 unspecified atom stereocenters. The molecule has 0 amide bonds. The summed E-state index contributed by atoms with van der Waals surface area (Å²) in [6, 6.07) is 62.0. The van der Waals surface area contributed by atoms with E-state index in [0.717, 1.165) is 44.6 Å². The second kappa shape index (κ2) is 33.3. The van der Waals surface area contributed by atoms with Crippen LogP contribution in [0, 0.1) is 13.8 Å². The molecule has 0 fully saturated rings. The van der Waals surface area contributed by atoms with Crippen LogP contribution in [0.25, 0.3) is 44.6 Å². The van der Waals surface area contributed by atoms with E-state index in [2.05, 4.69) is 49.7 Å². The fourth-order valence-electron chi connectivity index (χ4n) is 10.0. The van der Waals surface area contributed by atoms with E-state index in [-0.39, 0.29) is 43.8 Å². The lowest BCUT2D eigenvalue weighted by atomic mass is 10.0. The van der Waals surface area contributed by atoms with E-state index in [0.29, 0.717) is 86.8 Å². The van der Waals surface area contributed by atoms with Crippen LogP contribution >= 0.6 is 92.8 Å². The average molecular weight is 1480 g/mol. The molecule has 99 heavy (non-hydrogen) atoms. The van der Waals surface area contributed by atoms with Gasteiger partial charge in [-0.15, -0.1) is 0 Å². The van der Waals surface area contributed by atoms with Gasteiger partial charge in [-0.05, 0) is 162 Å². The topological polar surface area (TPSA) is 266 Å². The Morgan fingerprint density at radius 3 is 0.869 bits per heavy atom. The largest absolute Gasteiger partial charge is 0.508 e. The van der Waals surface area contributed by atoms with Gasteiger partial charge in [0.15, 0.2) is 0 Å². The standard InChI is InChI=1S/C21H17Cl2NO2.C19H13Cl2NO4.C19H13Cl2NO2.C16H11Cl2N3O2/c1-12-7-13(2)9-14(8-12)15-10-17(22)20(18(23)11-15)24-19-6-4-3-5-16(19)21(25)26;20-15-7-11(10-5-12(23)9-13(24)6-10)8-16(21)18(15)22-17-4-2-1-3-14(17)19(25)26;20-15-10-13(12-6-2-1-3-7-12)11-16(21)18(15)22-17-9-5-4-8-14(17)19(23)24;17-11-7-9(13-5-6-19-21-13)8-12(18)15(11)20-14-4-2-1-3-10(14)16(22)23/h3-11,24H,1-2H3,(H,25,26);1-9,22-24H,(H,25,26);1-11,22H,(H,23,24);1-8,20H,(H,19,21)(H,22,23). The van der Waals surface area contributed by atoms with Crippen molar-refractivity contribution in [2.45, 2.75) is 13.8 Å². The molecule has 11 N–H and O–H groups in total. The molecule has 24 heteroatoms. The SMILES string of the molecule is Cc1cc(C)cc(-c2cc(Cl)c(Nc3ccccc3C(=O)O)c(Cl)c2)c1.O=C(O)c1ccccc1Nc1c(Cl)cc(-c2cc(O)cc(O)c2)cc1Cl.O=C(O)c1ccccc1Nc1c(Cl)cc(-c2ccccc2)cc1Cl.O=C(O)c1ccccc1Nc1c(Cl)cc(-c2ccn[nH]2)cc1Cl. The first-order valence-electron chi connectivity index (χ1n) is 29.3. The minimum Gasteiger partial charge on any atom is -0.508 e. The lowest BCUT2D eigenvalue weighted by molar-refractivity contribution is 0.0687. The van der Waals surface area contributed by atoms with Gasteiger partial charge in [0.25, 0.3) is 0 Å². The van der Waals surface area contributed by atoms with Gasteiger partial charge in [0, 0.05) is 17.8 Å². The lowest BCUT2D eigenvalue weighted by Gasteiger charge is -2.15. The second-order valence-electron chi connectivity index (χ2n) is 21.6. The number of para-hydroxylation sites is 4. The average Bonchev–Trinajstić information content (AvgIpc) is 1.07. The van der Waals surface area contributed by atoms with Gasteiger partial charge in [0.2, 0.25) is 0 Å². The minimum atomic E-state index is -1.08. The number of phenolic OH excluding ortho intramolecular Hbond substituents is 2. The number of nitrogens with zero attached hydrogens (tertiary/aromatic N) is 1. The van der Waals surface area contributed by atoms with Gasteiger partial charge in [-0.1, -0.05) is 201 Å². The zero-order chi connectivity index (χ0) is 71.2. The molecule has 0 aliphatic heterocycles. The van der Waals surface area contributed by atoms with Crippen LogP contribution in [0.5, 0.6) is 11.5 Å². The van der Waals surface area contributed by atoms with Crippen LogP contribution in [0.2, 0.25) is 40.2 Å². The van der Waals surface area contributed by atoms with Crippen molar-refractivity contribution >= 4 is 162 Å². The number of H-pyrrole nitrogens is 1. The number of aromatic hydroxyl groups is 2. The van der Waals surface area contributed by atoms with Gasteiger partial charge >= 0.3 is 23.9 Å².